The maximum Gasteiger partial charge on any atom is 0.338 e. The Labute approximate surface area is 229 Å². The zero-order valence-electron chi connectivity index (χ0n) is 21.4. The number of fused-ring (bicyclic) bond motifs is 2. The molecule has 0 radical (unpaired) electrons. The van der Waals surface area contributed by atoms with E-state index in [4.69, 9.17) is 19.2 Å². The number of carbonyl (C=O) groups is 2. The van der Waals surface area contributed by atoms with Crippen molar-refractivity contribution in [1.29, 1.82) is 0 Å². The van der Waals surface area contributed by atoms with Crippen LogP contribution in [0.4, 0.5) is 11.4 Å². The zero-order valence-corrected chi connectivity index (χ0v) is 22.2. The summed E-state index contributed by atoms with van der Waals surface area (Å²) in [7, 11) is 0. The van der Waals surface area contributed by atoms with Crippen molar-refractivity contribution in [3.05, 3.63) is 88.0 Å². The number of nitrogens with zero attached hydrogens (tertiary/aromatic N) is 2. The van der Waals surface area contributed by atoms with Crippen LogP contribution in [0.1, 0.15) is 29.3 Å². The second kappa shape index (κ2) is 10.8. The summed E-state index contributed by atoms with van der Waals surface area (Å²) in [5.74, 6) is 1.16. The molecule has 1 unspecified atom stereocenters. The number of benzene rings is 3. The second-order valence-electron chi connectivity index (χ2n) is 9.31. The standard InChI is InChI=1S/C30H27N3O5S/c1-2-36-29(35)19-7-11-22(12-8-19)31-30-33(16-23-17-37-26-5-3-4-6-27(26)38-23)25(18-39-30)21-9-13-24-20(15-21)10-14-28(34)32-24/h3-9,11-13,15,18,23H,2,10,14,16-17H2,1H3,(H,32,34). The molecule has 3 heterocycles. The van der Waals surface area contributed by atoms with Gasteiger partial charge in [0.15, 0.2) is 22.4 Å². The fourth-order valence-corrected chi connectivity index (χ4v) is 5.66. The van der Waals surface area contributed by atoms with Gasteiger partial charge in [-0.1, -0.05) is 18.2 Å². The number of esters is 1. The summed E-state index contributed by atoms with van der Waals surface area (Å²) < 4.78 is 19.5. The first-order valence-electron chi connectivity index (χ1n) is 12.9. The Hall–Kier alpha value is -4.37. The second-order valence-corrected chi connectivity index (χ2v) is 10.1. The monoisotopic (exact) mass is 541 g/mol. The Kier molecular flexibility index (Phi) is 6.89. The third kappa shape index (κ3) is 5.31. The van der Waals surface area contributed by atoms with Crippen molar-refractivity contribution < 1.29 is 23.8 Å². The van der Waals surface area contributed by atoms with Gasteiger partial charge in [-0.25, -0.2) is 9.79 Å². The normalized spacial score (nSPS) is 16.4. The molecule has 39 heavy (non-hydrogen) atoms. The van der Waals surface area contributed by atoms with Gasteiger partial charge in [-0.05, 0) is 73.0 Å². The molecule has 1 N–H and O–H groups in total. The van der Waals surface area contributed by atoms with Gasteiger partial charge in [-0.2, -0.15) is 0 Å². The minimum atomic E-state index is -0.351. The summed E-state index contributed by atoms with van der Waals surface area (Å²) in [6.07, 6.45) is 0.976. The van der Waals surface area contributed by atoms with E-state index in [2.05, 4.69) is 21.3 Å². The van der Waals surface area contributed by atoms with Gasteiger partial charge in [0.2, 0.25) is 5.91 Å². The van der Waals surface area contributed by atoms with Crippen LogP contribution in [0.2, 0.25) is 0 Å². The van der Waals surface area contributed by atoms with E-state index >= 15 is 0 Å². The van der Waals surface area contributed by atoms with Gasteiger partial charge in [0.05, 0.1) is 30.1 Å². The first-order chi connectivity index (χ1) is 19.1. The Morgan fingerprint density at radius 3 is 2.74 bits per heavy atom. The van der Waals surface area contributed by atoms with Crippen molar-refractivity contribution in [3.63, 3.8) is 0 Å². The molecule has 0 aliphatic carbocycles. The van der Waals surface area contributed by atoms with Crippen LogP contribution in [0.5, 0.6) is 11.5 Å². The molecule has 1 aromatic heterocycles. The zero-order chi connectivity index (χ0) is 26.8. The van der Waals surface area contributed by atoms with Crippen LogP contribution < -0.4 is 19.6 Å². The Balaban J connectivity index is 1.36. The molecule has 0 spiro atoms. The minimum Gasteiger partial charge on any atom is -0.486 e. The largest absolute Gasteiger partial charge is 0.486 e. The van der Waals surface area contributed by atoms with Gasteiger partial charge in [0.1, 0.15) is 6.61 Å². The summed E-state index contributed by atoms with van der Waals surface area (Å²) in [5.41, 5.74) is 5.24. The predicted octanol–water partition coefficient (Wildman–Crippen LogP) is 5.35. The third-order valence-electron chi connectivity index (χ3n) is 6.65. The number of aryl methyl sites for hydroxylation is 1. The highest BCUT2D eigenvalue weighted by Crippen LogP contribution is 2.33. The highest BCUT2D eigenvalue weighted by molar-refractivity contribution is 7.07. The van der Waals surface area contributed by atoms with Crippen LogP contribution in [-0.2, 0) is 22.5 Å². The maximum atomic E-state index is 12.1. The first kappa shape index (κ1) is 24.9. The number of nitrogens with one attached hydrogen (secondary N) is 1. The van der Waals surface area contributed by atoms with Crippen LogP contribution >= 0.6 is 11.3 Å². The fourth-order valence-electron chi connectivity index (χ4n) is 4.72. The average Bonchev–Trinajstić information content (AvgIpc) is 3.34. The molecule has 3 aromatic carbocycles. The fraction of sp³-hybridized carbons (Fsp3) is 0.233. The smallest absolute Gasteiger partial charge is 0.338 e. The van der Waals surface area contributed by atoms with Crippen molar-refractivity contribution >= 4 is 34.6 Å². The van der Waals surface area contributed by atoms with Gasteiger partial charge in [0, 0.05) is 17.5 Å². The van der Waals surface area contributed by atoms with Gasteiger partial charge in [0.25, 0.3) is 0 Å². The number of hydrogen-bond acceptors (Lipinski definition) is 7. The van der Waals surface area contributed by atoms with E-state index < -0.39 is 0 Å². The Bertz CT molecular complexity index is 1610. The van der Waals surface area contributed by atoms with E-state index in [-0.39, 0.29) is 18.0 Å². The first-order valence-corrected chi connectivity index (χ1v) is 13.8. The number of para-hydroxylation sites is 2. The number of ether oxygens (including phenoxy) is 3. The van der Waals surface area contributed by atoms with E-state index in [1.165, 1.54) is 11.3 Å². The number of thiazole rings is 1. The Morgan fingerprint density at radius 1 is 1.10 bits per heavy atom. The van der Waals surface area contributed by atoms with Crippen LogP contribution in [-0.4, -0.2) is 35.8 Å². The number of amides is 1. The molecule has 6 rings (SSSR count). The van der Waals surface area contributed by atoms with E-state index in [0.29, 0.717) is 38.2 Å². The van der Waals surface area contributed by atoms with E-state index in [1.807, 2.05) is 48.5 Å². The molecule has 1 atom stereocenters. The number of aromatic nitrogens is 1. The highest BCUT2D eigenvalue weighted by Gasteiger charge is 2.23. The molecule has 2 aliphatic rings. The summed E-state index contributed by atoms with van der Waals surface area (Å²) >= 11 is 1.53. The summed E-state index contributed by atoms with van der Waals surface area (Å²) in [6, 6.07) is 20.9. The lowest BCUT2D eigenvalue weighted by Gasteiger charge is -2.27. The predicted molar refractivity (Wildman–Crippen MR) is 149 cm³/mol. The summed E-state index contributed by atoms with van der Waals surface area (Å²) in [4.78, 5) is 29.6. The summed E-state index contributed by atoms with van der Waals surface area (Å²) in [6.45, 7) is 3.06. The molecule has 8 nitrogen and oxygen atoms in total. The molecule has 9 heteroatoms. The third-order valence-corrected chi connectivity index (χ3v) is 7.51. The average molecular weight is 542 g/mol. The molecule has 1 amide bonds. The molecular formula is C30H27N3O5S. The lowest BCUT2D eigenvalue weighted by molar-refractivity contribution is -0.116. The number of anilines is 1. The molecule has 0 bridgehead atoms. The van der Waals surface area contributed by atoms with Crippen molar-refractivity contribution in [3.8, 4) is 22.8 Å². The SMILES string of the molecule is CCOC(=O)c1ccc(N=c2scc(-c3ccc4c(c3)CCC(=O)N4)n2CC2COc3ccccc3O2)cc1. The van der Waals surface area contributed by atoms with Gasteiger partial charge < -0.3 is 24.1 Å². The van der Waals surface area contributed by atoms with Crippen molar-refractivity contribution in [2.24, 2.45) is 4.99 Å². The molecule has 0 saturated carbocycles. The van der Waals surface area contributed by atoms with E-state index in [0.717, 1.165) is 44.5 Å². The molecule has 198 valence electrons. The highest BCUT2D eigenvalue weighted by atomic mass is 32.1. The van der Waals surface area contributed by atoms with Crippen LogP contribution in [0.25, 0.3) is 11.3 Å². The van der Waals surface area contributed by atoms with Crippen LogP contribution in [0.15, 0.2) is 77.1 Å². The van der Waals surface area contributed by atoms with Crippen molar-refractivity contribution in [1.82, 2.24) is 4.57 Å². The lowest BCUT2D eigenvalue weighted by atomic mass is 9.99. The van der Waals surface area contributed by atoms with Gasteiger partial charge >= 0.3 is 5.97 Å². The topological polar surface area (TPSA) is 91.2 Å². The number of rotatable bonds is 6. The Morgan fingerprint density at radius 2 is 1.92 bits per heavy atom. The number of carbonyl (C=O) groups excluding carboxylic acids is 2. The van der Waals surface area contributed by atoms with Crippen molar-refractivity contribution in [2.45, 2.75) is 32.4 Å². The molecule has 2 aliphatic heterocycles. The van der Waals surface area contributed by atoms with E-state index in [9.17, 15) is 9.59 Å². The molecule has 4 aromatic rings. The maximum absolute atomic E-state index is 12.1. The quantitative estimate of drug-likeness (QED) is 0.332. The van der Waals surface area contributed by atoms with Gasteiger partial charge in [-0.3, -0.25) is 4.79 Å². The van der Waals surface area contributed by atoms with Crippen LogP contribution in [0.3, 0.4) is 0 Å². The van der Waals surface area contributed by atoms with Crippen molar-refractivity contribution in [2.75, 3.05) is 18.5 Å². The molecule has 0 fully saturated rings. The van der Waals surface area contributed by atoms with Gasteiger partial charge in [-0.15, -0.1) is 11.3 Å². The molecule has 0 saturated heterocycles. The summed E-state index contributed by atoms with van der Waals surface area (Å²) in [5, 5.41) is 5.05. The molecular weight excluding hydrogens is 514 g/mol. The lowest BCUT2D eigenvalue weighted by Crippen LogP contribution is -2.35. The number of hydrogen-bond donors (Lipinski definition) is 1. The van der Waals surface area contributed by atoms with Crippen LogP contribution in [0, 0.1) is 0 Å². The minimum absolute atomic E-state index is 0.0469. The van der Waals surface area contributed by atoms with E-state index in [1.54, 1.807) is 19.1 Å².